The van der Waals surface area contributed by atoms with E-state index in [4.69, 9.17) is 0 Å². The first kappa shape index (κ1) is 4.62. The van der Waals surface area contributed by atoms with Gasteiger partial charge in [-0.15, -0.1) is 0 Å². The molecular weight excluding hydrogens is 172 g/mol. The molecule has 0 saturated carbocycles. The van der Waals surface area contributed by atoms with E-state index in [0.717, 1.165) is 0 Å². The Labute approximate surface area is 37.5 Å². The van der Waals surface area contributed by atoms with Crippen molar-refractivity contribution in [2.24, 2.45) is 5.73 Å². The van der Waals surface area contributed by atoms with Crippen LogP contribution in [0.1, 0.15) is 0 Å². The predicted molar refractivity (Wildman–Crippen MR) is 23.1 cm³/mol. The number of halogens is 2. The predicted octanol–water partition coefficient (Wildman–Crippen LogP) is 0.633. The van der Waals surface area contributed by atoms with Gasteiger partial charge in [0.2, 0.25) is 0 Å². The minimum Gasteiger partial charge on any atom is -0.293 e. The van der Waals surface area contributed by atoms with Crippen LogP contribution < -0.4 is 5.73 Å². The number of nitrogens with two attached hydrogens (primary N) is 1. The van der Waals surface area contributed by atoms with Crippen LogP contribution in [0, 0.1) is 0 Å². The summed E-state index contributed by atoms with van der Waals surface area (Å²) in [5, 5.41) is 0. The van der Waals surface area contributed by atoms with Gasteiger partial charge in [0.1, 0.15) is 0 Å². The molecule has 3 heteroatoms. The van der Waals surface area contributed by atoms with Crippen LogP contribution in [0.25, 0.3) is 0 Å². The van der Waals surface area contributed by atoms with Gasteiger partial charge in [0.05, 0.1) is 0 Å². The Kier molecular flexibility index (Phi) is 2.19. The Bertz CT molecular complexity index is 12.8. The maximum Gasteiger partial charge on any atom is 0.199 e. The lowest BCUT2D eigenvalue weighted by Crippen LogP contribution is -1.99. The lowest BCUT2D eigenvalue weighted by molar-refractivity contribution is 0.487. The second kappa shape index (κ2) is 1.90. The van der Waals surface area contributed by atoms with Gasteiger partial charge < -0.3 is 0 Å². The van der Waals surface area contributed by atoms with Crippen LogP contribution in [0.4, 0.5) is 4.39 Å². The average Bonchev–Trinajstić information content (AvgIpc) is 0.811. The van der Waals surface area contributed by atoms with E-state index in [9.17, 15) is 4.39 Å². The van der Waals surface area contributed by atoms with Crippen LogP contribution in [0.2, 0.25) is 0 Å². The summed E-state index contributed by atoms with van der Waals surface area (Å²) in [7, 11) is 0. The molecule has 1 atom stereocenters. The van der Waals surface area contributed by atoms with Crippen LogP contribution in [-0.4, -0.2) is 4.30 Å². The largest absolute Gasteiger partial charge is 0.293 e. The molecule has 0 fully saturated rings. The highest BCUT2D eigenvalue weighted by Crippen LogP contribution is 1.86. The third kappa shape index (κ3) is 17.9. The molecule has 0 rings (SSSR count). The van der Waals surface area contributed by atoms with Crippen molar-refractivity contribution in [2.45, 2.75) is 4.30 Å². The van der Waals surface area contributed by atoms with Crippen LogP contribution >= 0.6 is 22.6 Å². The van der Waals surface area contributed by atoms with Crippen LogP contribution in [0.3, 0.4) is 0 Å². The van der Waals surface area contributed by atoms with E-state index in [1.165, 1.54) is 22.6 Å². The van der Waals surface area contributed by atoms with Gasteiger partial charge in [-0.25, -0.2) is 4.39 Å². The van der Waals surface area contributed by atoms with Crippen molar-refractivity contribution < 1.29 is 4.39 Å². The maximum atomic E-state index is 10.8. The van der Waals surface area contributed by atoms with Gasteiger partial charge in [-0.3, -0.25) is 5.73 Å². The van der Waals surface area contributed by atoms with Crippen molar-refractivity contribution in [2.75, 3.05) is 0 Å². The Hall–Kier alpha value is 0.620. The standard InChI is InChI=1S/CH3FIN/c2-1(3)4/h1H,4H2. The molecule has 0 radical (unpaired) electrons. The second-order valence-electron chi connectivity index (χ2n) is 0.334. The molecule has 0 aliphatic rings. The highest BCUT2D eigenvalue weighted by molar-refractivity contribution is 14.1. The van der Waals surface area contributed by atoms with Gasteiger partial charge in [-0.1, -0.05) is 0 Å². The van der Waals surface area contributed by atoms with E-state index >= 15 is 0 Å². The number of hydrogen-bond donors (Lipinski definition) is 1. The molecule has 0 heterocycles. The van der Waals surface area contributed by atoms with E-state index in [-0.39, 0.29) is 0 Å². The Morgan fingerprint density at radius 2 is 2.00 bits per heavy atom. The molecule has 2 N–H and O–H groups in total. The van der Waals surface area contributed by atoms with E-state index in [2.05, 4.69) is 5.73 Å². The zero-order chi connectivity index (χ0) is 3.58. The highest BCUT2D eigenvalue weighted by atomic mass is 127. The summed E-state index contributed by atoms with van der Waals surface area (Å²) in [4.78, 5) is 0. The van der Waals surface area contributed by atoms with E-state index in [0.29, 0.717) is 0 Å². The Morgan fingerprint density at radius 1 is 2.00 bits per heavy atom. The summed E-state index contributed by atoms with van der Waals surface area (Å²) < 4.78 is 9.57. The lowest BCUT2D eigenvalue weighted by atomic mass is 11.5. The molecular formula is CH3FIN. The topological polar surface area (TPSA) is 26.0 Å². The molecule has 0 aromatic heterocycles. The van der Waals surface area contributed by atoms with E-state index in [1.54, 1.807) is 0 Å². The van der Waals surface area contributed by atoms with Crippen LogP contribution in [0.15, 0.2) is 0 Å². The van der Waals surface area contributed by atoms with Crippen LogP contribution in [-0.2, 0) is 0 Å². The third-order valence-electron chi connectivity index (χ3n) is 0. The highest BCUT2D eigenvalue weighted by Gasteiger charge is 1.76. The third-order valence-corrected chi connectivity index (χ3v) is 0. The number of hydrogen-bond acceptors (Lipinski definition) is 1. The molecule has 0 aromatic carbocycles. The fourth-order valence-corrected chi connectivity index (χ4v) is 0. The number of rotatable bonds is 0. The molecule has 0 spiro atoms. The molecule has 26 valence electrons. The molecule has 1 nitrogen and oxygen atoms in total. The molecule has 0 aliphatic carbocycles. The molecule has 0 bridgehead atoms. The molecule has 0 saturated heterocycles. The normalized spacial score (nSPS) is 15.8. The van der Waals surface area contributed by atoms with Gasteiger partial charge >= 0.3 is 0 Å². The summed E-state index contributed by atoms with van der Waals surface area (Å²) in [6.07, 6.45) is 0. The van der Waals surface area contributed by atoms with E-state index in [1.807, 2.05) is 0 Å². The zero-order valence-electron chi connectivity index (χ0n) is 1.91. The van der Waals surface area contributed by atoms with E-state index < -0.39 is 4.30 Å². The van der Waals surface area contributed by atoms with Crippen molar-refractivity contribution in [3.05, 3.63) is 0 Å². The zero-order valence-corrected chi connectivity index (χ0v) is 4.07. The Morgan fingerprint density at radius 3 is 2.00 bits per heavy atom. The van der Waals surface area contributed by atoms with Crippen molar-refractivity contribution in [1.29, 1.82) is 0 Å². The summed E-state index contributed by atoms with van der Waals surface area (Å²) in [5.74, 6) is 0. The quantitative estimate of drug-likeness (QED) is 0.326. The second-order valence-corrected chi connectivity index (χ2v) is 1.52. The van der Waals surface area contributed by atoms with Gasteiger partial charge in [0, 0.05) is 0 Å². The van der Waals surface area contributed by atoms with Crippen molar-refractivity contribution >= 4 is 22.6 Å². The monoisotopic (exact) mass is 175 g/mol. The van der Waals surface area contributed by atoms with Crippen molar-refractivity contribution in [1.82, 2.24) is 0 Å². The Balaban J connectivity index is 2.32. The van der Waals surface area contributed by atoms with Gasteiger partial charge in [-0.2, -0.15) is 0 Å². The first-order valence-corrected chi connectivity index (χ1v) is 2.02. The first-order valence-electron chi connectivity index (χ1n) is 0.770. The molecule has 0 amide bonds. The fraction of sp³-hybridized carbons (Fsp3) is 1.00. The maximum absolute atomic E-state index is 10.8. The van der Waals surface area contributed by atoms with Crippen molar-refractivity contribution in [3.8, 4) is 0 Å². The first-order chi connectivity index (χ1) is 1.73. The summed E-state index contributed by atoms with van der Waals surface area (Å²) in [6.45, 7) is 0. The smallest absolute Gasteiger partial charge is 0.199 e. The van der Waals surface area contributed by atoms with Gasteiger partial charge in [0.15, 0.2) is 4.30 Å². The van der Waals surface area contributed by atoms with Crippen molar-refractivity contribution in [3.63, 3.8) is 0 Å². The minimum atomic E-state index is -1.20. The molecule has 4 heavy (non-hydrogen) atoms. The van der Waals surface area contributed by atoms with Gasteiger partial charge in [0.25, 0.3) is 0 Å². The SMILES string of the molecule is NC(F)I. The summed E-state index contributed by atoms with van der Waals surface area (Å²) in [5.41, 5.74) is 4.43. The average molecular weight is 175 g/mol. The van der Waals surface area contributed by atoms with Gasteiger partial charge in [-0.05, 0) is 22.6 Å². The lowest BCUT2D eigenvalue weighted by Gasteiger charge is -1.74. The number of alkyl halides is 2. The summed E-state index contributed by atoms with van der Waals surface area (Å²) in [6, 6.07) is 0. The molecule has 1 unspecified atom stereocenters. The summed E-state index contributed by atoms with van der Waals surface area (Å²) >= 11 is 1.45. The van der Waals surface area contributed by atoms with Crippen LogP contribution in [0.5, 0.6) is 0 Å². The molecule has 0 aliphatic heterocycles. The minimum absolute atomic E-state index is 1.20. The molecule has 0 aromatic rings. The fourth-order valence-electron chi connectivity index (χ4n) is 0.